The Morgan fingerprint density at radius 3 is 2.68 bits per heavy atom. The van der Waals surface area contributed by atoms with Crippen LogP contribution in [0.3, 0.4) is 0 Å². The van der Waals surface area contributed by atoms with Gasteiger partial charge in [0.15, 0.2) is 5.03 Å². The van der Waals surface area contributed by atoms with Gasteiger partial charge in [-0.3, -0.25) is 4.72 Å². The maximum Gasteiger partial charge on any atom is 0.281 e. The Kier molecular flexibility index (Phi) is 3.39. The van der Waals surface area contributed by atoms with E-state index in [2.05, 4.69) is 9.71 Å². The van der Waals surface area contributed by atoms with Crippen LogP contribution in [-0.2, 0) is 10.0 Å². The molecule has 1 aromatic carbocycles. The first kappa shape index (κ1) is 13.3. The fraction of sp³-hybridized carbons (Fsp3) is 0.0833. The lowest BCUT2D eigenvalue weighted by Gasteiger charge is -2.10. The summed E-state index contributed by atoms with van der Waals surface area (Å²) in [6.45, 7) is 1.71. The fourth-order valence-corrected chi connectivity index (χ4v) is 2.65. The van der Waals surface area contributed by atoms with Crippen LogP contribution in [0.4, 0.5) is 15.8 Å². The van der Waals surface area contributed by atoms with Crippen LogP contribution in [-0.4, -0.2) is 13.4 Å². The molecule has 0 bridgehead atoms. The summed E-state index contributed by atoms with van der Waals surface area (Å²) in [4.78, 5) is 3.70. The highest BCUT2D eigenvalue weighted by atomic mass is 32.2. The smallest absolute Gasteiger partial charge is 0.281 e. The lowest BCUT2D eigenvalue weighted by atomic mass is 10.2. The molecular weight excluding hydrogens is 269 g/mol. The van der Waals surface area contributed by atoms with Crippen molar-refractivity contribution in [3.05, 3.63) is 47.9 Å². The first-order valence-electron chi connectivity index (χ1n) is 5.39. The van der Waals surface area contributed by atoms with E-state index in [1.165, 1.54) is 30.5 Å². The SMILES string of the molecule is Cc1ccc(NS(=O)(=O)c2ncccc2N)c(F)c1. The van der Waals surface area contributed by atoms with Gasteiger partial charge in [0.25, 0.3) is 10.0 Å². The molecule has 100 valence electrons. The molecule has 0 aliphatic carbocycles. The van der Waals surface area contributed by atoms with E-state index in [9.17, 15) is 12.8 Å². The van der Waals surface area contributed by atoms with Gasteiger partial charge in [-0.05, 0) is 36.8 Å². The molecule has 0 saturated heterocycles. The maximum absolute atomic E-state index is 13.6. The van der Waals surface area contributed by atoms with Gasteiger partial charge in [-0.2, -0.15) is 8.42 Å². The number of nitrogens with two attached hydrogens (primary N) is 1. The highest BCUT2D eigenvalue weighted by molar-refractivity contribution is 7.92. The van der Waals surface area contributed by atoms with E-state index < -0.39 is 15.8 Å². The van der Waals surface area contributed by atoms with Crippen molar-refractivity contribution in [2.24, 2.45) is 0 Å². The molecule has 0 aliphatic heterocycles. The number of aryl methyl sites for hydroxylation is 1. The molecule has 7 heteroatoms. The Morgan fingerprint density at radius 2 is 2.05 bits per heavy atom. The summed E-state index contributed by atoms with van der Waals surface area (Å²) in [6.07, 6.45) is 1.30. The van der Waals surface area contributed by atoms with Gasteiger partial charge < -0.3 is 5.73 Å². The van der Waals surface area contributed by atoms with Gasteiger partial charge >= 0.3 is 0 Å². The predicted molar refractivity (Wildman–Crippen MR) is 70.6 cm³/mol. The van der Waals surface area contributed by atoms with Crippen molar-refractivity contribution in [2.45, 2.75) is 11.9 Å². The van der Waals surface area contributed by atoms with Crippen molar-refractivity contribution >= 4 is 21.4 Å². The summed E-state index contributed by atoms with van der Waals surface area (Å²) in [5.74, 6) is -0.655. The summed E-state index contributed by atoms with van der Waals surface area (Å²) >= 11 is 0. The summed E-state index contributed by atoms with van der Waals surface area (Å²) in [7, 11) is -4.01. The molecule has 0 saturated carbocycles. The van der Waals surface area contributed by atoms with Crippen LogP contribution in [0, 0.1) is 12.7 Å². The van der Waals surface area contributed by atoms with Crippen molar-refractivity contribution in [1.82, 2.24) is 4.98 Å². The summed E-state index contributed by atoms with van der Waals surface area (Å²) in [6, 6.07) is 7.11. The zero-order valence-electron chi connectivity index (χ0n) is 10.1. The van der Waals surface area contributed by atoms with E-state index in [0.717, 1.165) is 0 Å². The Balaban J connectivity index is 2.40. The molecule has 0 unspecified atom stereocenters. The van der Waals surface area contributed by atoms with Crippen LogP contribution >= 0.6 is 0 Å². The lowest BCUT2D eigenvalue weighted by molar-refractivity contribution is 0.595. The number of pyridine rings is 1. The number of rotatable bonds is 3. The van der Waals surface area contributed by atoms with Crippen LogP contribution in [0.25, 0.3) is 0 Å². The molecule has 3 N–H and O–H groups in total. The highest BCUT2D eigenvalue weighted by Crippen LogP contribution is 2.21. The molecule has 0 fully saturated rings. The summed E-state index contributed by atoms with van der Waals surface area (Å²) in [5.41, 5.74) is 6.10. The van der Waals surface area contributed by atoms with Gasteiger partial charge in [0.1, 0.15) is 5.82 Å². The third-order valence-corrected chi connectivity index (χ3v) is 3.76. The van der Waals surface area contributed by atoms with E-state index in [4.69, 9.17) is 5.73 Å². The largest absolute Gasteiger partial charge is 0.396 e. The Hall–Kier alpha value is -2.15. The Morgan fingerprint density at radius 1 is 1.32 bits per heavy atom. The molecule has 0 spiro atoms. The molecular formula is C12H12FN3O2S. The third kappa shape index (κ3) is 2.82. The number of halogens is 1. The van der Waals surface area contributed by atoms with Crippen molar-refractivity contribution < 1.29 is 12.8 Å². The first-order chi connectivity index (χ1) is 8.90. The number of nitrogens with zero attached hydrogens (tertiary/aromatic N) is 1. The summed E-state index contributed by atoms with van der Waals surface area (Å²) in [5, 5.41) is -0.324. The normalized spacial score (nSPS) is 11.3. The highest BCUT2D eigenvalue weighted by Gasteiger charge is 2.20. The Labute approximate surface area is 110 Å². The van der Waals surface area contributed by atoms with E-state index in [-0.39, 0.29) is 16.4 Å². The number of nitrogens with one attached hydrogen (secondary N) is 1. The molecule has 2 rings (SSSR count). The number of aromatic nitrogens is 1. The second kappa shape index (κ2) is 4.85. The molecule has 1 aromatic heterocycles. The van der Waals surface area contributed by atoms with Gasteiger partial charge in [0, 0.05) is 6.20 Å². The topological polar surface area (TPSA) is 85.1 Å². The zero-order chi connectivity index (χ0) is 14.0. The second-order valence-electron chi connectivity index (χ2n) is 3.99. The van der Waals surface area contributed by atoms with Gasteiger partial charge in [-0.1, -0.05) is 6.07 Å². The summed E-state index contributed by atoms with van der Waals surface area (Å²) < 4.78 is 39.8. The molecule has 19 heavy (non-hydrogen) atoms. The number of sulfonamides is 1. The van der Waals surface area contributed by atoms with Gasteiger partial charge in [0.2, 0.25) is 0 Å². The maximum atomic E-state index is 13.6. The predicted octanol–water partition coefficient (Wildman–Crippen LogP) is 1.91. The molecule has 1 heterocycles. The van der Waals surface area contributed by atoms with Gasteiger partial charge in [0.05, 0.1) is 11.4 Å². The van der Waals surface area contributed by atoms with Crippen LogP contribution in [0.15, 0.2) is 41.6 Å². The van der Waals surface area contributed by atoms with Crippen molar-refractivity contribution in [2.75, 3.05) is 10.5 Å². The van der Waals surface area contributed by atoms with Crippen LogP contribution in [0.1, 0.15) is 5.56 Å². The number of anilines is 2. The minimum absolute atomic E-state index is 0.00233. The van der Waals surface area contributed by atoms with E-state index in [1.54, 1.807) is 13.0 Å². The van der Waals surface area contributed by atoms with Crippen molar-refractivity contribution in [3.63, 3.8) is 0 Å². The van der Waals surface area contributed by atoms with Gasteiger partial charge in [-0.15, -0.1) is 0 Å². The first-order valence-corrected chi connectivity index (χ1v) is 6.88. The zero-order valence-corrected chi connectivity index (χ0v) is 10.9. The standard InChI is InChI=1S/C12H12FN3O2S/c1-8-4-5-11(9(13)7-8)16-19(17,18)12-10(14)3-2-6-15-12/h2-7,16H,14H2,1H3. The van der Waals surface area contributed by atoms with E-state index >= 15 is 0 Å². The number of hydrogen-bond acceptors (Lipinski definition) is 4. The van der Waals surface area contributed by atoms with E-state index in [0.29, 0.717) is 5.56 Å². The Bertz CT molecular complexity index is 717. The minimum atomic E-state index is -4.01. The molecule has 0 aliphatic rings. The second-order valence-corrected chi connectivity index (χ2v) is 5.58. The molecule has 0 radical (unpaired) electrons. The monoisotopic (exact) mass is 281 g/mol. The minimum Gasteiger partial charge on any atom is -0.396 e. The average Bonchev–Trinajstić information content (AvgIpc) is 2.33. The number of nitrogen functional groups attached to an aromatic ring is 1. The molecule has 2 aromatic rings. The number of hydrogen-bond donors (Lipinski definition) is 2. The molecule has 0 atom stereocenters. The van der Waals surface area contributed by atoms with Crippen LogP contribution in [0.5, 0.6) is 0 Å². The number of benzene rings is 1. The van der Waals surface area contributed by atoms with Crippen LogP contribution < -0.4 is 10.5 Å². The molecule has 5 nitrogen and oxygen atoms in total. The van der Waals surface area contributed by atoms with Crippen LogP contribution in [0.2, 0.25) is 0 Å². The van der Waals surface area contributed by atoms with Crippen molar-refractivity contribution in [1.29, 1.82) is 0 Å². The molecule has 0 amide bonds. The lowest BCUT2D eigenvalue weighted by Crippen LogP contribution is -2.17. The fourth-order valence-electron chi connectivity index (χ4n) is 1.52. The quantitative estimate of drug-likeness (QED) is 0.900. The van der Waals surface area contributed by atoms with E-state index in [1.807, 2.05) is 0 Å². The van der Waals surface area contributed by atoms with Crippen molar-refractivity contribution in [3.8, 4) is 0 Å². The average molecular weight is 281 g/mol. The van der Waals surface area contributed by atoms with Gasteiger partial charge in [-0.25, -0.2) is 9.37 Å². The third-order valence-electron chi connectivity index (χ3n) is 2.42.